The topological polar surface area (TPSA) is 77.0 Å². The Morgan fingerprint density at radius 1 is 1.07 bits per heavy atom. The van der Waals surface area contributed by atoms with Crippen molar-refractivity contribution in [1.82, 2.24) is 19.7 Å². The zero-order valence-corrected chi connectivity index (χ0v) is 17.0. The minimum absolute atomic E-state index is 0.0466. The average molecular weight is 389 g/mol. The highest BCUT2D eigenvalue weighted by Crippen LogP contribution is 2.26. The van der Waals surface area contributed by atoms with Gasteiger partial charge in [-0.05, 0) is 49.7 Å². The Labute approximate surface area is 168 Å². The van der Waals surface area contributed by atoms with Gasteiger partial charge in [0, 0.05) is 37.5 Å². The second-order valence-corrected chi connectivity index (χ2v) is 7.23. The summed E-state index contributed by atoms with van der Waals surface area (Å²) < 4.78 is 7.28. The van der Waals surface area contributed by atoms with Crippen LogP contribution in [0.3, 0.4) is 0 Å². The first kappa shape index (κ1) is 18.9. The van der Waals surface area contributed by atoms with E-state index in [0.717, 1.165) is 34.3 Å². The molecule has 0 aliphatic rings. The van der Waals surface area contributed by atoms with E-state index in [9.17, 15) is 4.79 Å². The average Bonchev–Trinajstić information content (AvgIpc) is 3.21. The van der Waals surface area contributed by atoms with Crippen molar-refractivity contribution in [2.75, 3.05) is 19.0 Å². The molecule has 2 heterocycles. The van der Waals surface area contributed by atoms with E-state index in [4.69, 9.17) is 4.52 Å². The number of anilines is 1. The summed E-state index contributed by atoms with van der Waals surface area (Å²) in [5.74, 6) is 0.953. The molecule has 0 N–H and O–H groups in total. The molecular formula is C22H23N5O2. The van der Waals surface area contributed by atoms with E-state index in [2.05, 4.69) is 22.0 Å². The molecule has 0 unspecified atom stereocenters. The first-order chi connectivity index (χ1) is 14.0. The fraction of sp³-hybridized carbons (Fsp3) is 0.273. The normalized spacial score (nSPS) is 11.2. The molecule has 0 saturated carbocycles. The predicted molar refractivity (Wildman–Crippen MR) is 114 cm³/mol. The van der Waals surface area contributed by atoms with Crippen molar-refractivity contribution in [3.05, 3.63) is 58.5 Å². The quantitative estimate of drug-likeness (QED) is 0.515. The van der Waals surface area contributed by atoms with Crippen molar-refractivity contribution in [1.29, 1.82) is 0 Å². The van der Waals surface area contributed by atoms with Crippen LogP contribution in [-0.2, 0) is 6.54 Å². The van der Waals surface area contributed by atoms with Crippen LogP contribution in [0.2, 0.25) is 0 Å². The minimum Gasteiger partial charge on any atom is -0.378 e. The molecule has 2 aromatic heterocycles. The Balaban J connectivity index is 1.75. The number of hydrogen-bond acceptors (Lipinski definition) is 6. The molecule has 0 radical (unpaired) electrons. The zero-order valence-electron chi connectivity index (χ0n) is 17.0. The van der Waals surface area contributed by atoms with Crippen molar-refractivity contribution >= 4 is 16.7 Å². The maximum Gasteiger partial charge on any atom is 0.272 e. The molecule has 148 valence electrons. The van der Waals surface area contributed by atoms with Gasteiger partial charge in [-0.3, -0.25) is 4.79 Å². The van der Waals surface area contributed by atoms with E-state index in [1.165, 1.54) is 0 Å². The Morgan fingerprint density at radius 2 is 1.90 bits per heavy atom. The Bertz CT molecular complexity index is 1240. The summed E-state index contributed by atoms with van der Waals surface area (Å²) in [5.41, 5.74) is 4.71. The largest absolute Gasteiger partial charge is 0.378 e. The van der Waals surface area contributed by atoms with Gasteiger partial charge >= 0.3 is 0 Å². The number of benzene rings is 2. The van der Waals surface area contributed by atoms with Crippen molar-refractivity contribution in [3.8, 4) is 22.8 Å². The summed E-state index contributed by atoms with van der Waals surface area (Å²) in [6.45, 7) is 4.45. The van der Waals surface area contributed by atoms with Crippen LogP contribution < -0.4 is 10.5 Å². The number of hydrogen-bond donors (Lipinski definition) is 0. The Kier molecular flexibility index (Phi) is 4.88. The Hall–Kier alpha value is -3.48. The third kappa shape index (κ3) is 3.51. The van der Waals surface area contributed by atoms with Gasteiger partial charge in [-0.25, -0.2) is 4.98 Å². The summed E-state index contributed by atoms with van der Waals surface area (Å²) >= 11 is 0. The van der Waals surface area contributed by atoms with Crippen LogP contribution in [0.5, 0.6) is 0 Å². The van der Waals surface area contributed by atoms with Crippen LogP contribution in [0.25, 0.3) is 33.9 Å². The summed E-state index contributed by atoms with van der Waals surface area (Å²) in [7, 11) is 3.97. The molecule has 4 aromatic rings. The van der Waals surface area contributed by atoms with Gasteiger partial charge in [-0.15, -0.1) is 0 Å². The van der Waals surface area contributed by atoms with Gasteiger partial charge in [-0.1, -0.05) is 18.1 Å². The summed E-state index contributed by atoms with van der Waals surface area (Å²) in [5, 5.41) is 4.15. The second kappa shape index (κ2) is 7.50. The highest BCUT2D eigenvalue weighted by molar-refractivity contribution is 5.80. The molecule has 0 saturated heterocycles. The van der Waals surface area contributed by atoms with Gasteiger partial charge in [0.15, 0.2) is 0 Å². The first-order valence-corrected chi connectivity index (χ1v) is 9.61. The van der Waals surface area contributed by atoms with Gasteiger partial charge in [0.2, 0.25) is 5.82 Å². The summed E-state index contributed by atoms with van der Waals surface area (Å²) in [6, 6.07) is 13.6. The molecule has 0 atom stereocenters. The minimum atomic E-state index is -0.0466. The third-order valence-electron chi connectivity index (χ3n) is 4.85. The van der Waals surface area contributed by atoms with Gasteiger partial charge in [0.05, 0.1) is 11.0 Å². The monoisotopic (exact) mass is 389 g/mol. The lowest BCUT2D eigenvalue weighted by Crippen LogP contribution is -2.24. The van der Waals surface area contributed by atoms with E-state index >= 15 is 0 Å². The van der Waals surface area contributed by atoms with E-state index < -0.39 is 0 Å². The SMILES string of the molecule is CCCn1c(=O)c(C)nc2cc(-c3noc(-c4cccc(N(C)C)c4)n3)ccc21. The highest BCUT2D eigenvalue weighted by atomic mass is 16.5. The van der Waals surface area contributed by atoms with Crippen molar-refractivity contribution in [3.63, 3.8) is 0 Å². The fourth-order valence-electron chi connectivity index (χ4n) is 3.33. The maximum absolute atomic E-state index is 12.4. The van der Waals surface area contributed by atoms with Crippen LogP contribution in [0.15, 0.2) is 51.8 Å². The van der Waals surface area contributed by atoms with Crippen LogP contribution in [0.4, 0.5) is 5.69 Å². The van der Waals surface area contributed by atoms with Crippen molar-refractivity contribution in [2.45, 2.75) is 26.8 Å². The van der Waals surface area contributed by atoms with E-state index in [1.807, 2.05) is 61.5 Å². The van der Waals surface area contributed by atoms with Gasteiger partial charge in [0.25, 0.3) is 11.4 Å². The molecule has 0 bridgehead atoms. The van der Waals surface area contributed by atoms with Crippen LogP contribution in [-0.4, -0.2) is 33.8 Å². The molecule has 0 aliphatic carbocycles. The lowest BCUT2D eigenvalue weighted by molar-refractivity contribution is 0.432. The van der Waals surface area contributed by atoms with E-state index in [0.29, 0.717) is 24.0 Å². The van der Waals surface area contributed by atoms with E-state index in [-0.39, 0.29) is 5.56 Å². The molecular weight excluding hydrogens is 366 g/mol. The van der Waals surface area contributed by atoms with Gasteiger partial charge < -0.3 is 14.0 Å². The van der Waals surface area contributed by atoms with Crippen LogP contribution in [0, 0.1) is 6.92 Å². The molecule has 29 heavy (non-hydrogen) atoms. The van der Waals surface area contributed by atoms with Gasteiger partial charge in [0.1, 0.15) is 5.69 Å². The Morgan fingerprint density at radius 3 is 2.66 bits per heavy atom. The lowest BCUT2D eigenvalue weighted by atomic mass is 10.1. The molecule has 0 amide bonds. The lowest BCUT2D eigenvalue weighted by Gasteiger charge is -2.12. The molecule has 0 aliphatic heterocycles. The van der Waals surface area contributed by atoms with Gasteiger partial charge in [-0.2, -0.15) is 4.98 Å². The van der Waals surface area contributed by atoms with Crippen molar-refractivity contribution < 1.29 is 4.52 Å². The predicted octanol–water partition coefficient (Wildman–Crippen LogP) is 3.90. The number of rotatable bonds is 5. The maximum atomic E-state index is 12.4. The van der Waals surface area contributed by atoms with Crippen LogP contribution in [0.1, 0.15) is 19.0 Å². The molecule has 0 fully saturated rings. The number of aromatic nitrogens is 4. The second-order valence-electron chi connectivity index (χ2n) is 7.23. The molecule has 2 aromatic carbocycles. The fourth-order valence-corrected chi connectivity index (χ4v) is 3.33. The van der Waals surface area contributed by atoms with Crippen LogP contribution >= 0.6 is 0 Å². The highest BCUT2D eigenvalue weighted by Gasteiger charge is 2.14. The number of nitrogens with zero attached hydrogens (tertiary/aromatic N) is 5. The molecule has 4 rings (SSSR count). The summed E-state index contributed by atoms with van der Waals surface area (Å²) in [4.78, 5) is 23.5. The third-order valence-corrected chi connectivity index (χ3v) is 4.85. The van der Waals surface area contributed by atoms with E-state index in [1.54, 1.807) is 11.5 Å². The summed E-state index contributed by atoms with van der Waals surface area (Å²) in [6.07, 6.45) is 0.875. The number of fused-ring (bicyclic) bond motifs is 1. The number of aryl methyl sites for hydroxylation is 2. The first-order valence-electron chi connectivity index (χ1n) is 9.61. The van der Waals surface area contributed by atoms with Crippen molar-refractivity contribution in [2.24, 2.45) is 0 Å². The smallest absolute Gasteiger partial charge is 0.272 e. The molecule has 0 spiro atoms. The molecule has 7 nitrogen and oxygen atoms in total. The standard InChI is InChI=1S/C22H23N5O2/c1-5-11-27-19-10-9-15(13-18(19)23-14(2)22(27)28)20-24-21(29-25-20)16-7-6-8-17(12-16)26(3)4/h6-10,12-13H,5,11H2,1-4H3. The zero-order chi connectivity index (χ0) is 20.5. The molecule has 7 heteroatoms.